The molecule has 4 aromatic rings. The quantitative estimate of drug-likeness (QED) is 0.350. The summed E-state index contributed by atoms with van der Waals surface area (Å²) in [6, 6.07) is 33.5. The molecule has 0 aliphatic carbocycles. The molecule has 0 aromatic heterocycles. The summed E-state index contributed by atoms with van der Waals surface area (Å²) >= 11 is 1.95. The van der Waals surface area contributed by atoms with Gasteiger partial charge < -0.3 is 9.47 Å². The van der Waals surface area contributed by atoms with E-state index in [9.17, 15) is 0 Å². The first-order valence-electron chi connectivity index (χ1n) is 9.75. The van der Waals surface area contributed by atoms with Crippen LogP contribution in [0.4, 0.5) is 0 Å². The molecule has 0 atom stereocenters. The third kappa shape index (κ3) is 2.73. The number of hydrogen-bond acceptors (Lipinski definition) is 3. The first kappa shape index (κ1) is 16.8. The van der Waals surface area contributed by atoms with Gasteiger partial charge in [0.1, 0.15) is 23.0 Å². The highest BCUT2D eigenvalue weighted by Crippen LogP contribution is 2.58. The Kier molecular flexibility index (Phi) is 3.88. The van der Waals surface area contributed by atoms with E-state index in [-0.39, 0.29) is 10.5 Å². The molecule has 6 rings (SSSR count). The van der Waals surface area contributed by atoms with Gasteiger partial charge in [0.2, 0.25) is 0 Å². The van der Waals surface area contributed by atoms with E-state index < -0.39 is 0 Å². The largest absolute Gasteiger partial charge is 0.457 e. The number of ether oxygens (including phenoxy) is 2. The zero-order valence-corrected chi connectivity index (χ0v) is 16.4. The summed E-state index contributed by atoms with van der Waals surface area (Å²) < 4.78 is 12.4. The Bertz CT molecular complexity index is 1030. The van der Waals surface area contributed by atoms with Crippen molar-refractivity contribution in [3.8, 4) is 23.0 Å². The van der Waals surface area contributed by atoms with Crippen molar-refractivity contribution in [3.63, 3.8) is 0 Å². The van der Waals surface area contributed by atoms with Gasteiger partial charge in [-0.15, -0.1) is 11.8 Å². The summed E-state index contributed by atoms with van der Waals surface area (Å²) in [6.07, 6.45) is 0. The molecular weight excluding hydrogens is 376 g/mol. The van der Waals surface area contributed by atoms with E-state index in [4.69, 9.17) is 9.47 Å². The van der Waals surface area contributed by atoms with Crippen molar-refractivity contribution >= 4 is 11.8 Å². The molecule has 0 spiro atoms. The fraction of sp³-hybridized carbons (Fsp3) is 0.0769. The number of thioether (sulfide) groups is 1. The Labute approximate surface area is 174 Å². The van der Waals surface area contributed by atoms with Gasteiger partial charge in [0.15, 0.2) is 0 Å². The minimum atomic E-state index is 0.181. The Morgan fingerprint density at radius 3 is 1.00 bits per heavy atom. The van der Waals surface area contributed by atoms with Crippen LogP contribution in [-0.4, -0.2) is 0 Å². The molecule has 2 nitrogen and oxygen atoms in total. The third-order valence-corrected chi connectivity index (χ3v) is 7.08. The maximum atomic E-state index is 6.20. The lowest BCUT2D eigenvalue weighted by molar-refractivity contribution is 0.456. The summed E-state index contributed by atoms with van der Waals surface area (Å²) in [5.41, 5.74) is 4.88. The third-order valence-electron chi connectivity index (χ3n) is 5.52. The summed E-state index contributed by atoms with van der Waals surface area (Å²) in [5, 5.41) is 0.362. The van der Waals surface area contributed by atoms with E-state index in [0.717, 1.165) is 23.0 Å². The second-order valence-corrected chi connectivity index (χ2v) is 8.47. The molecule has 0 unspecified atom stereocenters. The molecule has 2 heterocycles. The van der Waals surface area contributed by atoms with Crippen LogP contribution in [-0.2, 0) is 0 Å². The van der Waals surface area contributed by atoms with Crippen LogP contribution in [0, 0.1) is 0 Å². The minimum Gasteiger partial charge on any atom is -0.457 e. The molecule has 140 valence electrons. The number of hydrogen-bond donors (Lipinski definition) is 0. The predicted octanol–water partition coefficient (Wildman–Crippen LogP) is 7.51. The van der Waals surface area contributed by atoms with Crippen LogP contribution in [0.2, 0.25) is 0 Å². The zero-order valence-electron chi connectivity index (χ0n) is 15.6. The summed E-state index contributed by atoms with van der Waals surface area (Å²) in [6.45, 7) is 0. The number of benzene rings is 4. The average molecular weight is 394 g/mol. The van der Waals surface area contributed by atoms with Gasteiger partial charge in [-0.2, -0.15) is 0 Å². The van der Waals surface area contributed by atoms with Crippen molar-refractivity contribution < 1.29 is 9.47 Å². The zero-order chi connectivity index (χ0) is 19.2. The van der Waals surface area contributed by atoms with Gasteiger partial charge in [0.05, 0.1) is 10.5 Å². The molecule has 0 saturated heterocycles. The molecule has 2 aliphatic heterocycles. The lowest BCUT2D eigenvalue weighted by Crippen LogP contribution is -2.12. The molecule has 0 bridgehead atoms. The van der Waals surface area contributed by atoms with Crippen LogP contribution >= 0.6 is 11.8 Å². The fourth-order valence-corrected chi connectivity index (χ4v) is 5.80. The van der Waals surface area contributed by atoms with E-state index >= 15 is 0 Å². The highest BCUT2D eigenvalue weighted by atomic mass is 32.2. The first-order valence-corrected chi connectivity index (χ1v) is 10.7. The van der Waals surface area contributed by atoms with Crippen molar-refractivity contribution in [1.29, 1.82) is 0 Å². The van der Waals surface area contributed by atoms with Crippen LogP contribution in [0.25, 0.3) is 0 Å². The summed E-state index contributed by atoms with van der Waals surface area (Å²) in [4.78, 5) is 0. The normalized spacial score (nSPS) is 14.6. The van der Waals surface area contributed by atoms with Crippen LogP contribution in [0.15, 0.2) is 97.1 Å². The Balaban J connectivity index is 1.51. The van der Waals surface area contributed by atoms with Crippen molar-refractivity contribution in [2.45, 2.75) is 10.5 Å². The highest BCUT2D eigenvalue weighted by molar-refractivity contribution is 8.00. The van der Waals surface area contributed by atoms with Gasteiger partial charge in [-0.25, -0.2) is 0 Å². The Morgan fingerprint density at radius 1 is 0.414 bits per heavy atom. The monoisotopic (exact) mass is 394 g/mol. The molecule has 0 N–H and O–H groups in total. The van der Waals surface area contributed by atoms with Crippen LogP contribution in [0.3, 0.4) is 0 Å². The number of rotatable bonds is 2. The van der Waals surface area contributed by atoms with Gasteiger partial charge in [-0.3, -0.25) is 0 Å². The smallest absolute Gasteiger partial charge is 0.132 e. The molecule has 4 aromatic carbocycles. The molecule has 3 heteroatoms. The van der Waals surface area contributed by atoms with Gasteiger partial charge >= 0.3 is 0 Å². The van der Waals surface area contributed by atoms with Gasteiger partial charge in [-0.1, -0.05) is 72.8 Å². The second-order valence-electron chi connectivity index (χ2n) is 7.25. The van der Waals surface area contributed by atoms with Gasteiger partial charge in [0.25, 0.3) is 0 Å². The molecule has 0 fully saturated rings. The lowest BCUT2D eigenvalue weighted by Gasteiger charge is -2.33. The number of para-hydroxylation sites is 4. The van der Waals surface area contributed by atoms with E-state index in [1.165, 1.54) is 22.3 Å². The molecule has 0 radical (unpaired) electrons. The molecule has 29 heavy (non-hydrogen) atoms. The van der Waals surface area contributed by atoms with E-state index in [1.54, 1.807) is 0 Å². The van der Waals surface area contributed by atoms with Crippen LogP contribution in [0.1, 0.15) is 32.8 Å². The maximum Gasteiger partial charge on any atom is 0.132 e. The van der Waals surface area contributed by atoms with Crippen molar-refractivity contribution in [2.75, 3.05) is 0 Å². The maximum absolute atomic E-state index is 6.20. The molecule has 2 aliphatic rings. The van der Waals surface area contributed by atoms with Gasteiger partial charge in [0, 0.05) is 22.3 Å². The van der Waals surface area contributed by atoms with Crippen molar-refractivity contribution in [1.82, 2.24) is 0 Å². The summed E-state index contributed by atoms with van der Waals surface area (Å²) in [5.74, 6) is 3.77. The second kappa shape index (κ2) is 6.71. The molecular formula is C26H18O2S. The first-order chi connectivity index (χ1) is 14.4. The van der Waals surface area contributed by atoms with Crippen molar-refractivity contribution in [2.24, 2.45) is 0 Å². The van der Waals surface area contributed by atoms with E-state index in [0.29, 0.717) is 0 Å². The Morgan fingerprint density at radius 2 is 0.690 bits per heavy atom. The predicted molar refractivity (Wildman–Crippen MR) is 117 cm³/mol. The highest BCUT2D eigenvalue weighted by Gasteiger charge is 2.34. The summed E-state index contributed by atoms with van der Waals surface area (Å²) in [7, 11) is 0. The van der Waals surface area contributed by atoms with Gasteiger partial charge in [-0.05, 0) is 24.3 Å². The fourth-order valence-electron chi connectivity index (χ4n) is 4.16. The number of fused-ring (bicyclic) bond motifs is 4. The molecule has 0 saturated carbocycles. The SMILES string of the molecule is c1ccc2c(c1)Oc1ccccc1C2SC1c2ccccc2Oc2ccccc21. The molecule has 0 amide bonds. The lowest BCUT2D eigenvalue weighted by atomic mass is 9.99. The van der Waals surface area contributed by atoms with E-state index in [2.05, 4.69) is 72.8 Å². The minimum absolute atomic E-state index is 0.181. The average Bonchev–Trinajstić information content (AvgIpc) is 2.78. The standard InChI is InChI=1S/C26H18O2S/c1-5-13-21-17(9-1)25(18-10-2-6-14-22(18)27-21)29-26-19-11-3-7-15-23(19)28-24-16-8-4-12-20(24)26/h1-16,25-26H. The van der Waals surface area contributed by atoms with Crippen LogP contribution < -0.4 is 9.47 Å². The van der Waals surface area contributed by atoms with Crippen molar-refractivity contribution in [3.05, 3.63) is 119 Å². The Hall–Kier alpha value is -3.17. The van der Waals surface area contributed by atoms with E-state index in [1.807, 2.05) is 36.0 Å². The topological polar surface area (TPSA) is 18.5 Å². The van der Waals surface area contributed by atoms with Crippen LogP contribution in [0.5, 0.6) is 23.0 Å².